The molecule has 0 atom stereocenters. The average molecular weight is 471 g/mol. The number of halogens is 1. The molecule has 7 nitrogen and oxygen atoms in total. The van der Waals surface area contributed by atoms with E-state index in [1.807, 2.05) is 25.1 Å². The lowest BCUT2D eigenvalue weighted by Crippen LogP contribution is -2.34. The molecule has 2 amide bonds. The molecule has 2 saturated heterocycles. The molecular weight excluding hydrogens is 448 g/mol. The van der Waals surface area contributed by atoms with Crippen LogP contribution in [0.3, 0.4) is 0 Å². The van der Waals surface area contributed by atoms with Crippen LogP contribution in [0.25, 0.3) is 21.5 Å². The molecule has 1 N–H and O–H groups in total. The first-order valence-corrected chi connectivity index (χ1v) is 11.9. The second-order valence-corrected chi connectivity index (χ2v) is 9.76. The van der Waals surface area contributed by atoms with E-state index in [1.165, 1.54) is 22.6 Å². The van der Waals surface area contributed by atoms with Gasteiger partial charge in [-0.1, -0.05) is 11.6 Å². The van der Waals surface area contributed by atoms with Crippen molar-refractivity contribution in [3.63, 3.8) is 0 Å². The number of thiophene rings is 1. The number of carbonyl (C=O) groups excluding carboxylic acids is 2. The Labute approximate surface area is 194 Å². The van der Waals surface area contributed by atoms with Gasteiger partial charge in [0, 0.05) is 28.3 Å². The van der Waals surface area contributed by atoms with Crippen molar-refractivity contribution in [2.45, 2.75) is 45.3 Å². The molecule has 0 saturated carbocycles. The minimum absolute atomic E-state index is 0.123. The average Bonchev–Trinajstić information content (AvgIpc) is 3.34. The van der Waals surface area contributed by atoms with Crippen LogP contribution in [-0.4, -0.2) is 45.9 Å². The van der Waals surface area contributed by atoms with Crippen LogP contribution in [0.5, 0.6) is 5.75 Å². The second kappa shape index (κ2) is 8.77. The van der Waals surface area contributed by atoms with Crippen molar-refractivity contribution in [3.8, 4) is 17.0 Å². The maximum absolute atomic E-state index is 12.0. The van der Waals surface area contributed by atoms with Crippen LogP contribution < -0.4 is 10.1 Å². The fourth-order valence-corrected chi connectivity index (χ4v) is 5.65. The molecule has 3 aromatic rings. The molecule has 0 radical (unpaired) electrons. The molecule has 0 bridgehead atoms. The second-order valence-electron chi connectivity index (χ2n) is 8.19. The number of nitrogens with zero attached hydrogens (tertiary/aromatic N) is 3. The number of aromatic nitrogens is 2. The molecule has 2 aromatic heterocycles. The molecule has 32 heavy (non-hydrogen) atoms. The number of likely N-dealkylation sites (tertiary alicyclic amines) is 1. The maximum Gasteiger partial charge on any atom is 0.230 e. The van der Waals surface area contributed by atoms with Crippen molar-refractivity contribution in [2.75, 3.05) is 13.1 Å². The summed E-state index contributed by atoms with van der Waals surface area (Å²) in [5.41, 5.74) is 3.32. The van der Waals surface area contributed by atoms with Gasteiger partial charge in [0.2, 0.25) is 11.8 Å². The van der Waals surface area contributed by atoms with E-state index in [-0.39, 0.29) is 37.3 Å². The number of ether oxygens (including phenoxy) is 1. The van der Waals surface area contributed by atoms with Crippen LogP contribution in [0.2, 0.25) is 5.02 Å². The van der Waals surface area contributed by atoms with Crippen molar-refractivity contribution in [2.24, 2.45) is 0 Å². The van der Waals surface area contributed by atoms with E-state index < -0.39 is 0 Å². The SMILES string of the molecule is Cc1cc(Cl)cc(-c2ncnc3cc(CN4C(=O)CCC4=O)sc23)c1OC1CCNCC1. The standard InChI is InChI=1S/C23H23ClN4O3S/c1-13-8-14(24)9-17(22(13)31-15-4-6-25-7-5-15)21-23-18(26-12-27-21)10-16(32-23)11-28-19(29)2-3-20(28)30/h8-10,12,15,25H,2-7,11H2,1H3. The Balaban J connectivity index is 1.55. The van der Waals surface area contributed by atoms with Gasteiger partial charge in [0.1, 0.15) is 18.2 Å². The number of amides is 2. The van der Waals surface area contributed by atoms with E-state index in [4.69, 9.17) is 16.3 Å². The Hall–Kier alpha value is -2.55. The van der Waals surface area contributed by atoms with E-state index in [2.05, 4.69) is 15.3 Å². The smallest absolute Gasteiger partial charge is 0.230 e. The minimum Gasteiger partial charge on any atom is -0.489 e. The lowest BCUT2D eigenvalue weighted by molar-refractivity contribution is -0.138. The quantitative estimate of drug-likeness (QED) is 0.565. The van der Waals surface area contributed by atoms with Gasteiger partial charge in [0.05, 0.1) is 22.5 Å². The normalized spacial score (nSPS) is 17.5. The molecule has 9 heteroatoms. The Morgan fingerprint density at radius 2 is 1.91 bits per heavy atom. The predicted octanol–water partition coefficient (Wildman–Crippen LogP) is 4.10. The maximum atomic E-state index is 12.0. The van der Waals surface area contributed by atoms with Crippen LogP contribution in [0.4, 0.5) is 0 Å². The fraction of sp³-hybridized carbons (Fsp3) is 0.391. The van der Waals surface area contributed by atoms with Crippen molar-refractivity contribution >= 4 is 45.0 Å². The third-order valence-corrected chi connectivity index (χ3v) is 7.23. The molecular formula is C23H23ClN4O3S. The Morgan fingerprint density at radius 1 is 1.16 bits per heavy atom. The van der Waals surface area contributed by atoms with Gasteiger partial charge in [0.25, 0.3) is 0 Å². The summed E-state index contributed by atoms with van der Waals surface area (Å²) in [5, 5.41) is 3.98. The lowest BCUT2D eigenvalue weighted by Gasteiger charge is -2.26. The largest absolute Gasteiger partial charge is 0.489 e. The zero-order chi connectivity index (χ0) is 22.2. The summed E-state index contributed by atoms with van der Waals surface area (Å²) >= 11 is 7.93. The molecule has 0 spiro atoms. The molecule has 166 valence electrons. The Kier molecular flexibility index (Phi) is 5.84. The summed E-state index contributed by atoms with van der Waals surface area (Å²) < 4.78 is 7.35. The summed E-state index contributed by atoms with van der Waals surface area (Å²) in [5.74, 6) is 0.546. The monoisotopic (exact) mass is 470 g/mol. The summed E-state index contributed by atoms with van der Waals surface area (Å²) in [7, 11) is 0. The van der Waals surface area contributed by atoms with Crippen molar-refractivity contribution < 1.29 is 14.3 Å². The van der Waals surface area contributed by atoms with Gasteiger partial charge in [-0.15, -0.1) is 11.3 Å². The third-order valence-electron chi connectivity index (χ3n) is 5.90. The summed E-state index contributed by atoms with van der Waals surface area (Å²) in [6, 6.07) is 5.72. The number of aryl methyl sites for hydroxylation is 1. The molecule has 0 unspecified atom stereocenters. The van der Waals surface area contributed by atoms with Crippen molar-refractivity contribution in [1.82, 2.24) is 20.2 Å². The Bertz CT molecular complexity index is 1190. The first-order chi connectivity index (χ1) is 15.5. The number of benzene rings is 1. The topological polar surface area (TPSA) is 84.4 Å². The number of hydrogen-bond acceptors (Lipinski definition) is 7. The molecule has 0 aliphatic carbocycles. The highest BCUT2D eigenvalue weighted by Crippen LogP contribution is 2.41. The van der Waals surface area contributed by atoms with Crippen LogP contribution in [0.15, 0.2) is 24.5 Å². The van der Waals surface area contributed by atoms with E-state index in [9.17, 15) is 9.59 Å². The van der Waals surface area contributed by atoms with Crippen LogP contribution in [0.1, 0.15) is 36.1 Å². The zero-order valence-electron chi connectivity index (χ0n) is 17.7. The number of imide groups is 1. The van der Waals surface area contributed by atoms with Crippen LogP contribution in [-0.2, 0) is 16.1 Å². The van der Waals surface area contributed by atoms with Gasteiger partial charge < -0.3 is 10.1 Å². The highest BCUT2D eigenvalue weighted by atomic mass is 35.5. The minimum atomic E-state index is -0.123. The van der Waals surface area contributed by atoms with Crippen molar-refractivity contribution in [1.29, 1.82) is 0 Å². The first kappa shape index (κ1) is 21.3. The van der Waals surface area contributed by atoms with E-state index >= 15 is 0 Å². The number of fused-ring (bicyclic) bond motifs is 1. The molecule has 5 rings (SSSR count). The van der Waals surface area contributed by atoms with Crippen LogP contribution >= 0.6 is 22.9 Å². The molecule has 4 heterocycles. The summed E-state index contributed by atoms with van der Waals surface area (Å²) in [6.07, 6.45) is 4.13. The molecule has 2 fully saturated rings. The van der Waals surface area contributed by atoms with Gasteiger partial charge in [-0.25, -0.2) is 9.97 Å². The number of nitrogens with one attached hydrogen (secondary N) is 1. The lowest BCUT2D eigenvalue weighted by atomic mass is 10.0. The number of hydrogen-bond donors (Lipinski definition) is 1. The highest BCUT2D eigenvalue weighted by molar-refractivity contribution is 7.19. The van der Waals surface area contributed by atoms with Gasteiger partial charge in [-0.05, 0) is 56.6 Å². The predicted molar refractivity (Wildman–Crippen MR) is 124 cm³/mol. The molecule has 1 aromatic carbocycles. The fourth-order valence-electron chi connectivity index (χ4n) is 4.27. The van der Waals surface area contributed by atoms with E-state index in [0.717, 1.165) is 63.6 Å². The van der Waals surface area contributed by atoms with E-state index in [0.29, 0.717) is 5.02 Å². The first-order valence-electron chi connectivity index (χ1n) is 10.7. The Morgan fingerprint density at radius 3 is 2.66 bits per heavy atom. The number of rotatable bonds is 5. The molecule has 2 aliphatic rings. The summed E-state index contributed by atoms with van der Waals surface area (Å²) in [6.45, 7) is 4.14. The van der Waals surface area contributed by atoms with Gasteiger partial charge in [-0.3, -0.25) is 14.5 Å². The van der Waals surface area contributed by atoms with E-state index in [1.54, 1.807) is 0 Å². The van der Waals surface area contributed by atoms with Gasteiger partial charge in [-0.2, -0.15) is 0 Å². The van der Waals surface area contributed by atoms with Gasteiger partial charge in [0.15, 0.2) is 0 Å². The van der Waals surface area contributed by atoms with Crippen LogP contribution in [0, 0.1) is 6.92 Å². The van der Waals surface area contributed by atoms with Crippen molar-refractivity contribution in [3.05, 3.63) is 40.0 Å². The highest BCUT2D eigenvalue weighted by Gasteiger charge is 2.29. The number of piperidine rings is 1. The zero-order valence-corrected chi connectivity index (χ0v) is 19.3. The third kappa shape index (κ3) is 4.10. The van der Waals surface area contributed by atoms with Gasteiger partial charge >= 0.3 is 0 Å². The number of carbonyl (C=O) groups is 2. The molecule has 2 aliphatic heterocycles. The summed E-state index contributed by atoms with van der Waals surface area (Å²) in [4.78, 5) is 35.3.